The van der Waals surface area contributed by atoms with Crippen molar-refractivity contribution in [2.24, 2.45) is 5.14 Å². The molecule has 2 N–H and O–H groups in total. The van der Waals surface area contributed by atoms with Crippen LogP contribution in [0.5, 0.6) is 5.75 Å². The summed E-state index contributed by atoms with van der Waals surface area (Å²) in [5, 5.41) is 5.68. The van der Waals surface area contributed by atoms with Gasteiger partial charge in [-0.3, -0.25) is 0 Å². The molecule has 0 aliphatic heterocycles. The second-order valence-electron chi connectivity index (χ2n) is 6.33. The van der Waals surface area contributed by atoms with Crippen molar-refractivity contribution in [1.82, 2.24) is 9.55 Å². The number of sulfonamides is 1. The van der Waals surface area contributed by atoms with Crippen LogP contribution in [0.1, 0.15) is 31.7 Å². The van der Waals surface area contributed by atoms with Gasteiger partial charge < -0.3 is 9.30 Å². The Balaban J connectivity index is 2.00. The normalized spacial score (nSPS) is 13.9. The highest BCUT2D eigenvalue weighted by Crippen LogP contribution is 2.37. The number of benzene rings is 2. The fourth-order valence-corrected chi connectivity index (χ4v) is 4.11. The van der Waals surface area contributed by atoms with E-state index >= 15 is 0 Å². The van der Waals surface area contributed by atoms with Crippen LogP contribution in [-0.4, -0.2) is 18.0 Å². The number of aromatic nitrogens is 2. The van der Waals surface area contributed by atoms with E-state index in [1.807, 2.05) is 35.9 Å². The maximum Gasteiger partial charge on any atom is 0.254 e. The molecule has 0 bridgehead atoms. The molecule has 0 radical (unpaired) electrons. The molecule has 27 heavy (non-hydrogen) atoms. The van der Waals surface area contributed by atoms with Crippen LogP contribution in [0.3, 0.4) is 0 Å². The number of ether oxygens (including phenoxy) is 1. The SMILES string of the molecule is CCCCC(Oc1ccc(-n2ccnc2)cc1)(c1ccccc1)S(N)(=O)=O. The molecule has 0 amide bonds. The van der Waals surface area contributed by atoms with Gasteiger partial charge in [0.25, 0.3) is 10.0 Å². The number of primary sulfonamides is 1. The Morgan fingerprint density at radius 3 is 2.37 bits per heavy atom. The molecule has 1 unspecified atom stereocenters. The Labute approximate surface area is 159 Å². The van der Waals surface area contributed by atoms with E-state index in [9.17, 15) is 8.42 Å². The van der Waals surface area contributed by atoms with E-state index in [0.29, 0.717) is 17.7 Å². The van der Waals surface area contributed by atoms with Crippen molar-refractivity contribution in [2.75, 3.05) is 0 Å². The Hall–Kier alpha value is -2.64. The van der Waals surface area contributed by atoms with Gasteiger partial charge in [0.2, 0.25) is 4.93 Å². The smallest absolute Gasteiger partial charge is 0.254 e. The quantitative estimate of drug-likeness (QED) is 0.642. The van der Waals surface area contributed by atoms with E-state index in [2.05, 4.69) is 4.98 Å². The summed E-state index contributed by atoms with van der Waals surface area (Å²) < 4.78 is 33.3. The number of imidazole rings is 1. The Bertz CT molecular complexity index is 955. The lowest BCUT2D eigenvalue weighted by molar-refractivity contribution is 0.139. The number of hydrogen-bond donors (Lipinski definition) is 1. The minimum atomic E-state index is -4.04. The number of nitrogens with zero attached hydrogens (tertiary/aromatic N) is 2. The summed E-state index contributed by atoms with van der Waals surface area (Å²) >= 11 is 0. The van der Waals surface area contributed by atoms with E-state index in [1.54, 1.807) is 48.9 Å². The molecule has 142 valence electrons. The molecule has 0 aliphatic carbocycles. The topological polar surface area (TPSA) is 87.2 Å². The highest BCUT2D eigenvalue weighted by Gasteiger charge is 2.45. The molecule has 1 atom stereocenters. The summed E-state index contributed by atoms with van der Waals surface area (Å²) in [4.78, 5) is 2.40. The molecule has 0 fully saturated rings. The number of rotatable bonds is 8. The minimum absolute atomic E-state index is 0.273. The van der Waals surface area contributed by atoms with Crippen LogP contribution in [-0.2, 0) is 15.0 Å². The molecule has 0 spiro atoms. The fourth-order valence-electron chi connectivity index (χ4n) is 3.01. The lowest BCUT2D eigenvalue weighted by Crippen LogP contribution is -2.45. The van der Waals surface area contributed by atoms with Gasteiger partial charge in [-0.2, -0.15) is 0 Å². The van der Waals surface area contributed by atoms with Gasteiger partial charge in [0.15, 0.2) is 0 Å². The monoisotopic (exact) mass is 385 g/mol. The lowest BCUT2D eigenvalue weighted by atomic mass is 10.0. The largest absolute Gasteiger partial charge is 0.465 e. The summed E-state index contributed by atoms with van der Waals surface area (Å²) in [5.41, 5.74) is 1.42. The van der Waals surface area contributed by atoms with Gasteiger partial charge in [0, 0.05) is 30.1 Å². The summed E-state index contributed by atoms with van der Waals surface area (Å²) in [7, 11) is -4.04. The fraction of sp³-hybridized carbons (Fsp3) is 0.250. The third kappa shape index (κ3) is 4.04. The van der Waals surface area contributed by atoms with E-state index < -0.39 is 15.0 Å². The summed E-state index contributed by atoms with van der Waals surface area (Å²) in [6, 6.07) is 16.0. The van der Waals surface area contributed by atoms with Crippen molar-refractivity contribution in [3.8, 4) is 11.4 Å². The third-order valence-electron chi connectivity index (χ3n) is 4.45. The first-order valence-electron chi connectivity index (χ1n) is 8.81. The highest BCUT2D eigenvalue weighted by molar-refractivity contribution is 7.90. The van der Waals surface area contributed by atoms with Crippen LogP contribution in [0.4, 0.5) is 0 Å². The number of nitrogens with two attached hydrogens (primary N) is 1. The van der Waals surface area contributed by atoms with Crippen LogP contribution in [0.2, 0.25) is 0 Å². The molecule has 1 aromatic heterocycles. The molecular formula is C20H23N3O3S. The molecule has 2 aromatic carbocycles. The Morgan fingerprint density at radius 2 is 1.81 bits per heavy atom. The van der Waals surface area contributed by atoms with Crippen LogP contribution in [0.25, 0.3) is 5.69 Å². The van der Waals surface area contributed by atoms with Gasteiger partial charge in [0.05, 0.1) is 6.33 Å². The van der Waals surface area contributed by atoms with E-state index in [0.717, 1.165) is 12.1 Å². The maximum absolute atomic E-state index is 12.7. The molecule has 7 heteroatoms. The average molecular weight is 385 g/mol. The first-order chi connectivity index (χ1) is 13.0. The first kappa shape index (κ1) is 19.1. The summed E-state index contributed by atoms with van der Waals surface area (Å²) in [6.45, 7) is 2.00. The van der Waals surface area contributed by atoms with Crippen LogP contribution < -0.4 is 9.88 Å². The zero-order valence-electron chi connectivity index (χ0n) is 15.2. The standard InChI is InChI=1S/C20H23N3O3S/c1-2-3-13-20(27(21,24)25,17-7-5-4-6-8-17)26-19-11-9-18(10-12-19)23-15-14-22-16-23/h4-12,14-16H,2-3,13H2,1H3,(H2,21,24,25). The molecule has 3 rings (SSSR count). The van der Waals surface area contributed by atoms with E-state index in [1.165, 1.54) is 0 Å². The molecule has 6 nitrogen and oxygen atoms in total. The van der Waals surface area contributed by atoms with Crippen molar-refractivity contribution in [1.29, 1.82) is 0 Å². The Morgan fingerprint density at radius 1 is 1.11 bits per heavy atom. The van der Waals surface area contributed by atoms with Crippen molar-refractivity contribution in [3.05, 3.63) is 78.9 Å². The number of hydrogen-bond acceptors (Lipinski definition) is 4. The van der Waals surface area contributed by atoms with Crippen molar-refractivity contribution in [3.63, 3.8) is 0 Å². The third-order valence-corrected chi connectivity index (χ3v) is 5.90. The van der Waals surface area contributed by atoms with E-state index in [4.69, 9.17) is 9.88 Å². The van der Waals surface area contributed by atoms with Crippen molar-refractivity contribution < 1.29 is 13.2 Å². The van der Waals surface area contributed by atoms with Crippen molar-refractivity contribution >= 4 is 10.0 Å². The van der Waals surface area contributed by atoms with Gasteiger partial charge >= 0.3 is 0 Å². The predicted octanol–water partition coefficient (Wildman–Crippen LogP) is 3.58. The second kappa shape index (κ2) is 7.94. The predicted molar refractivity (Wildman–Crippen MR) is 105 cm³/mol. The number of unbranched alkanes of at least 4 members (excludes halogenated alkanes) is 1. The minimum Gasteiger partial charge on any atom is -0.465 e. The van der Waals surface area contributed by atoms with Crippen LogP contribution in [0, 0.1) is 0 Å². The second-order valence-corrected chi connectivity index (χ2v) is 8.08. The van der Waals surface area contributed by atoms with Gasteiger partial charge in [-0.25, -0.2) is 18.5 Å². The molecule has 3 aromatic rings. The van der Waals surface area contributed by atoms with E-state index in [-0.39, 0.29) is 6.42 Å². The van der Waals surface area contributed by atoms with Crippen molar-refractivity contribution in [2.45, 2.75) is 31.1 Å². The van der Waals surface area contributed by atoms with Gasteiger partial charge in [-0.1, -0.05) is 43.7 Å². The van der Waals surface area contributed by atoms with Gasteiger partial charge in [0.1, 0.15) is 5.75 Å². The van der Waals surface area contributed by atoms with Gasteiger partial charge in [-0.05, 0) is 30.7 Å². The lowest BCUT2D eigenvalue weighted by Gasteiger charge is -2.33. The average Bonchev–Trinajstić information content (AvgIpc) is 3.20. The zero-order valence-corrected chi connectivity index (χ0v) is 16.0. The van der Waals surface area contributed by atoms with Crippen LogP contribution >= 0.6 is 0 Å². The molecule has 0 saturated carbocycles. The van der Waals surface area contributed by atoms with Crippen LogP contribution in [0.15, 0.2) is 73.3 Å². The first-order valence-corrected chi connectivity index (χ1v) is 10.4. The zero-order chi connectivity index (χ0) is 19.3. The molecule has 1 heterocycles. The summed E-state index contributed by atoms with van der Waals surface area (Å²) in [5.74, 6) is 0.438. The Kier molecular flexibility index (Phi) is 5.62. The summed E-state index contributed by atoms with van der Waals surface area (Å²) in [6.07, 6.45) is 6.98. The molecule has 0 saturated heterocycles. The molecule has 0 aliphatic rings. The maximum atomic E-state index is 12.7. The highest BCUT2D eigenvalue weighted by atomic mass is 32.2. The van der Waals surface area contributed by atoms with Gasteiger partial charge in [-0.15, -0.1) is 0 Å². The molecular weight excluding hydrogens is 362 g/mol.